The van der Waals surface area contributed by atoms with E-state index in [0.717, 1.165) is 24.2 Å². The molecule has 1 aliphatic heterocycles. The minimum Gasteiger partial charge on any atom is -0.329 e. The van der Waals surface area contributed by atoms with Crippen LogP contribution in [-0.4, -0.2) is 21.0 Å². The highest BCUT2D eigenvalue weighted by Gasteiger charge is 2.19. The van der Waals surface area contributed by atoms with Gasteiger partial charge in [0, 0.05) is 30.9 Å². The third-order valence-electron chi connectivity index (χ3n) is 3.64. The first-order chi connectivity index (χ1) is 9.74. The summed E-state index contributed by atoms with van der Waals surface area (Å²) in [5.41, 5.74) is 2.19. The fourth-order valence-electron chi connectivity index (χ4n) is 2.66. The van der Waals surface area contributed by atoms with Gasteiger partial charge in [-0.1, -0.05) is 12.1 Å². The molecule has 0 bridgehead atoms. The maximum Gasteiger partial charge on any atom is 0.269 e. The highest BCUT2D eigenvalue weighted by Crippen LogP contribution is 2.23. The molecule has 1 fully saturated rings. The lowest BCUT2D eigenvalue weighted by Gasteiger charge is -2.13. The normalized spacial score (nSPS) is 18.3. The standard InChI is InChI=1S/C14H16N4O2/c19-18(20)12-4-1-3-11(7-12)9-17-10-15-8-14(17)13-5-2-6-16-13/h1,3-4,7-8,10,13,16H,2,5-6,9H2. The van der Waals surface area contributed by atoms with Gasteiger partial charge in [0.05, 0.1) is 16.9 Å². The molecule has 6 nitrogen and oxygen atoms in total. The number of non-ortho nitro benzene ring substituents is 1. The van der Waals surface area contributed by atoms with Gasteiger partial charge in [-0.25, -0.2) is 4.98 Å². The van der Waals surface area contributed by atoms with Crippen molar-refractivity contribution in [3.05, 3.63) is 58.2 Å². The van der Waals surface area contributed by atoms with E-state index in [9.17, 15) is 10.1 Å². The third kappa shape index (κ3) is 2.55. The fourth-order valence-corrected chi connectivity index (χ4v) is 2.66. The smallest absolute Gasteiger partial charge is 0.269 e. The van der Waals surface area contributed by atoms with Crippen LogP contribution in [0.1, 0.15) is 30.1 Å². The van der Waals surface area contributed by atoms with Crippen molar-refractivity contribution in [2.75, 3.05) is 6.54 Å². The molecule has 1 saturated heterocycles. The number of nitrogens with one attached hydrogen (secondary N) is 1. The molecule has 0 aliphatic carbocycles. The first-order valence-electron chi connectivity index (χ1n) is 6.71. The van der Waals surface area contributed by atoms with Gasteiger partial charge in [0.15, 0.2) is 0 Å². The molecule has 3 rings (SSSR count). The Balaban J connectivity index is 1.82. The van der Waals surface area contributed by atoms with Gasteiger partial charge in [0.1, 0.15) is 0 Å². The molecule has 1 aromatic heterocycles. The lowest BCUT2D eigenvalue weighted by Crippen LogP contribution is -2.17. The molecule has 1 aliphatic rings. The molecule has 2 aromatic rings. The van der Waals surface area contributed by atoms with E-state index in [-0.39, 0.29) is 10.6 Å². The Morgan fingerprint density at radius 2 is 2.40 bits per heavy atom. The van der Waals surface area contributed by atoms with Gasteiger partial charge in [-0.15, -0.1) is 0 Å². The number of rotatable bonds is 4. The SMILES string of the molecule is O=[N+]([O-])c1cccc(Cn2cncc2C2CCCN2)c1. The van der Waals surface area contributed by atoms with Crippen molar-refractivity contribution in [1.82, 2.24) is 14.9 Å². The summed E-state index contributed by atoms with van der Waals surface area (Å²) in [6, 6.07) is 7.09. The minimum atomic E-state index is -0.364. The van der Waals surface area contributed by atoms with Gasteiger partial charge in [-0.2, -0.15) is 0 Å². The van der Waals surface area contributed by atoms with Crippen LogP contribution in [0.4, 0.5) is 5.69 Å². The van der Waals surface area contributed by atoms with Crippen molar-refractivity contribution in [2.45, 2.75) is 25.4 Å². The van der Waals surface area contributed by atoms with Crippen molar-refractivity contribution in [3.63, 3.8) is 0 Å². The highest BCUT2D eigenvalue weighted by atomic mass is 16.6. The van der Waals surface area contributed by atoms with E-state index in [1.165, 1.54) is 12.5 Å². The molecular formula is C14H16N4O2. The lowest BCUT2D eigenvalue weighted by molar-refractivity contribution is -0.384. The van der Waals surface area contributed by atoms with Crippen LogP contribution in [0.2, 0.25) is 0 Å². The molecule has 20 heavy (non-hydrogen) atoms. The largest absolute Gasteiger partial charge is 0.329 e. The van der Waals surface area contributed by atoms with Crippen LogP contribution in [0.3, 0.4) is 0 Å². The summed E-state index contributed by atoms with van der Waals surface area (Å²) in [6.45, 7) is 1.64. The van der Waals surface area contributed by atoms with Crippen molar-refractivity contribution in [1.29, 1.82) is 0 Å². The number of imidazole rings is 1. The number of nitro groups is 1. The van der Waals surface area contributed by atoms with E-state index in [4.69, 9.17) is 0 Å². The van der Waals surface area contributed by atoms with Gasteiger partial charge < -0.3 is 9.88 Å². The summed E-state index contributed by atoms with van der Waals surface area (Å²) < 4.78 is 2.06. The third-order valence-corrected chi connectivity index (χ3v) is 3.64. The number of hydrogen-bond donors (Lipinski definition) is 1. The van der Waals surface area contributed by atoms with Crippen molar-refractivity contribution < 1.29 is 4.92 Å². The van der Waals surface area contributed by atoms with Crippen molar-refractivity contribution in [2.24, 2.45) is 0 Å². The molecule has 2 heterocycles. The molecular weight excluding hydrogens is 256 g/mol. The van der Waals surface area contributed by atoms with Gasteiger partial charge in [0.2, 0.25) is 0 Å². The Kier molecular flexibility index (Phi) is 3.47. The quantitative estimate of drug-likeness (QED) is 0.684. The number of benzene rings is 1. The maximum atomic E-state index is 10.8. The Morgan fingerprint density at radius 3 is 3.15 bits per heavy atom. The van der Waals surface area contributed by atoms with Crippen LogP contribution in [0.5, 0.6) is 0 Å². The Labute approximate surface area is 116 Å². The van der Waals surface area contributed by atoms with Crippen LogP contribution >= 0.6 is 0 Å². The fraction of sp³-hybridized carbons (Fsp3) is 0.357. The highest BCUT2D eigenvalue weighted by molar-refractivity contribution is 5.34. The molecule has 0 saturated carbocycles. The van der Waals surface area contributed by atoms with Crippen LogP contribution in [-0.2, 0) is 6.54 Å². The van der Waals surface area contributed by atoms with E-state index in [2.05, 4.69) is 14.9 Å². The van der Waals surface area contributed by atoms with E-state index in [1.807, 2.05) is 12.3 Å². The minimum absolute atomic E-state index is 0.128. The van der Waals surface area contributed by atoms with Gasteiger partial charge >= 0.3 is 0 Å². The number of nitro benzene ring substituents is 1. The average Bonchev–Trinajstić information content (AvgIpc) is 3.09. The molecule has 1 aromatic carbocycles. The Hall–Kier alpha value is -2.21. The summed E-state index contributed by atoms with van der Waals surface area (Å²) >= 11 is 0. The predicted octanol–water partition coefficient (Wildman–Crippen LogP) is 2.26. The number of aromatic nitrogens is 2. The molecule has 0 amide bonds. The summed E-state index contributed by atoms with van der Waals surface area (Å²) in [7, 11) is 0. The van der Waals surface area contributed by atoms with Crippen LogP contribution in [0, 0.1) is 10.1 Å². The first-order valence-corrected chi connectivity index (χ1v) is 6.71. The average molecular weight is 272 g/mol. The van der Waals surface area contributed by atoms with Gasteiger partial charge in [-0.3, -0.25) is 10.1 Å². The monoisotopic (exact) mass is 272 g/mol. The first kappa shape index (κ1) is 12.8. The predicted molar refractivity (Wildman–Crippen MR) is 74.4 cm³/mol. The van der Waals surface area contributed by atoms with E-state index in [0.29, 0.717) is 12.6 Å². The lowest BCUT2D eigenvalue weighted by atomic mass is 10.1. The Morgan fingerprint density at radius 1 is 1.50 bits per heavy atom. The van der Waals surface area contributed by atoms with E-state index in [1.54, 1.807) is 18.5 Å². The molecule has 0 radical (unpaired) electrons. The van der Waals surface area contributed by atoms with E-state index >= 15 is 0 Å². The second-order valence-corrected chi connectivity index (χ2v) is 5.02. The second-order valence-electron chi connectivity index (χ2n) is 5.02. The molecule has 1 unspecified atom stereocenters. The second kappa shape index (κ2) is 5.42. The zero-order chi connectivity index (χ0) is 13.9. The molecule has 6 heteroatoms. The maximum absolute atomic E-state index is 10.8. The summed E-state index contributed by atoms with van der Waals surface area (Å²) in [5, 5.41) is 14.3. The number of hydrogen-bond acceptors (Lipinski definition) is 4. The topological polar surface area (TPSA) is 73.0 Å². The molecule has 1 atom stereocenters. The van der Waals surface area contributed by atoms with Crippen LogP contribution in [0.25, 0.3) is 0 Å². The van der Waals surface area contributed by atoms with E-state index < -0.39 is 0 Å². The number of nitrogens with zero attached hydrogens (tertiary/aromatic N) is 3. The van der Waals surface area contributed by atoms with Gasteiger partial charge in [0.25, 0.3) is 5.69 Å². The summed E-state index contributed by atoms with van der Waals surface area (Å²) in [6.07, 6.45) is 5.95. The summed E-state index contributed by atoms with van der Waals surface area (Å²) in [5.74, 6) is 0. The van der Waals surface area contributed by atoms with Crippen molar-refractivity contribution in [3.8, 4) is 0 Å². The summed E-state index contributed by atoms with van der Waals surface area (Å²) in [4.78, 5) is 14.7. The molecule has 104 valence electrons. The Bertz CT molecular complexity index is 617. The molecule has 0 spiro atoms. The van der Waals surface area contributed by atoms with Crippen LogP contribution in [0.15, 0.2) is 36.8 Å². The van der Waals surface area contributed by atoms with Crippen molar-refractivity contribution >= 4 is 5.69 Å². The zero-order valence-corrected chi connectivity index (χ0v) is 11.0. The zero-order valence-electron chi connectivity index (χ0n) is 11.0. The van der Waals surface area contributed by atoms with Gasteiger partial charge in [-0.05, 0) is 24.9 Å². The van der Waals surface area contributed by atoms with Crippen LogP contribution < -0.4 is 5.32 Å². The molecule has 1 N–H and O–H groups in total.